The van der Waals surface area contributed by atoms with Crippen LogP contribution in [-0.4, -0.2) is 98.1 Å². The number of benzene rings is 2. The maximum atomic E-state index is 13.8. The highest BCUT2D eigenvalue weighted by atomic mass is 32.1. The van der Waals surface area contributed by atoms with Gasteiger partial charge >= 0.3 is 12.2 Å². The smallest absolute Gasteiger partial charge is 0.407 e. The van der Waals surface area contributed by atoms with Crippen LogP contribution in [0.25, 0.3) is 33.6 Å². The summed E-state index contributed by atoms with van der Waals surface area (Å²) in [6.45, 7) is 4.85. The summed E-state index contributed by atoms with van der Waals surface area (Å²) < 4.78 is 10.2. The van der Waals surface area contributed by atoms with Gasteiger partial charge in [-0.25, -0.2) is 24.5 Å². The highest BCUT2D eigenvalue weighted by Gasteiger charge is 2.39. The quantitative estimate of drug-likeness (QED) is 0.113. The van der Waals surface area contributed by atoms with Gasteiger partial charge in [0.2, 0.25) is 5.91 Å². The monoisotopic (exact) mass is 793 g/mol. The number of hydrogen-bond donors (Lipinski definition) is 4. The van der Waals surface area contributed by atoms with E-state index in [2.05, 4.69) is 59.8 Å². The molecule has 3 aromatic heterocycles. The Labute approximate surface area is 334 Å². The molecule has 5 aromatic rings. The Kier molecular flexibility index (Phi) is 12.0. The number of amides is 4. The molecule has 4 N–H and O–H groups in total. The van der Waals surface area contributed by atoms with E-state index in [1.807, 2.05) is 43.5 Å². The molecule has 0 bridgehead atoms. The highest BCUT2D eigenvalue weighted by Crippen LogP contribution is 2.35. The van der Waals surface area contributed by atoms with Crippen LogP contribution in [-0.2, 0) is 25.5 Å². The standard InChI is InChI=1S/C41H47N9O6S/c1-24(2)35(56-40(53)42-3)39(52)50-18-6-8-34(50)37-44-21-32(47-37)28-15-11-26(12-16-28)25-9-13-27(14-10-25)31-20-43-36(46-31)33-7-5-17-49(33)38(51)30(48-41(54)55-4)19-29-22-57-23-45-29/h9-16,20-24,30,33-35H,5-8,17-19H2,1-4H3,(H,42,53)(H,43,46)(H,44,47)(H,48,54)/t30-,33-,34-,35-/m0/s1. The third-order valence-corrected chi connectivity index (χ3v) is 11.2. The highest BCUT2D eigenvalue weighted by molar-refractivity contribution is 7.07. The SMILES string of the molecule is CNC(=O)O[C@H](C(=O)N1CCC[C@H]1c1ncc(-c2ccc(-c3ccc(-c4cnc([C@@H]5CCCN5C(=O)[C@H](Cc5cscn5)NC(=O)OC)[nH]4)cc3)cc2)[nH]1)C(C)C. The van der Waals surface area contributed by atoms with Crippen LogP contribution in [0.5, 0.6) is 0 Å². The summed E-state index contributed by atoms with van der Waals surface area (Å²) >= 11 is 1.44. The van der Waals surface area contributed by atoms with Gasteiger partial charge in [0.25, 0.3) is 5.91 Å². The van der Waals surface area contributed by atoms with Crippen LogP contribution < -0.4 is 10.6 Å². The zero-order chi connectivity index (χ0) is 40.1. The van der Waals surface area contributed by atoms with Gasteiger partial charge in [0.1, 0.15) is 17.7 Å². The number of aromatic nitrogens is 5. The second-order valence-electron chi connectivity index (χ2n) is 14.6. The number of carbonyl (C=O) groups is 4. The molecule has 4 amide bonds. The number of nitrogens with one attached hydrogen (secondary N) is 4. The van der Waals surface area contributed by atoms with Crippen molar-refractivity contribution in [2.24, 2.45) is 5.92 Å². The predicted molar refractivity (Wildman–Crippen MR) is 214 cm³/mol. The number of thiazole rings is 1. The molecule has 0 spiro atoms. The third-order valence-electron chi connectivity index (χ3n) is 10.6. The van der Waals surface area contributed by atoms with Gasteiger partial charge in [-0.15, -0.1) is 11.3 Å². The second-order valence-corrected chi connectivity index (χ2v) is 15.3. The molecule has 7 rings (SSSR count). The lowest BCUT2D eigenvalue weighted by Crippen LogP contribution is -2.49. The topological polar surface area (TPSA) is 188 Å². The van der Waals surface area contributed by atoms with E-state index in [4.69, 9.17) is 9.47 Å². The minimum absolute atomic E-state index is 0.179. The number of imidazole rings is 2. The second kappa shape index (κ2) is 17.4. The molecule has 16 heteroatoms. The van der Waals surface area contributed by atoms with Crippen LogP contribution in [0.15, 0.2) is 71.8 Å². The molecule has 0 radical (unpaired) electrons. The van der Waals surface area contributed by atoms with Crippen LogP contribution in [0.1, 0.15) is 69.0 Å². The van der Waals surface area contributed by atoms with Gasteiger partial charge in [-0.3, -0.25) is 9.59 Å². The van der Waals surface area contributed by atoms with E-state index < -0.39 is 24.3 Å². The molecular weight excluding hydrogens is 747 g/mol. The molecule has 15 nitrogen and oxygen atoms in total. The molecule has 57 heavy (non-hydrogen) atoms. The number of methoxy groups -OCH3 is 1. The lowest BCUT2D eigenvalue weighted by Gasteiger charge is -2.29. The van der Waals surface area contributed by atoms with Crippen molar-refractivity contribution in [1.29, 1.82) is 0 Å². The van der Waals surface area contributed by atoms with Crippen molar-refractivity contribution >= 4 is 35.3 Å². The van der Waals surface area contributed by atoms with Gasteiger partial charge in [-0.1, -0.05) is 62.4 Å². The molecule has 2 aromatic carbocycles. The summed E-state index contributed by atoms with van der Waals surface area (Å²) in [5.41, 5.74) is 8.14. The first-order valence-electron chi connectivity index (χ1n) is 19.2. The molecular formula is C41H47N9O6S. The molecule has 5 heterocycles. The number of H-pyrrole nitrogens is 2. The lowest BCUT2D eigenvalue weighted by atomic mass is 10.0. The number of alkyl carbamates (subject to hydrolysis) is 2. The Morgan fingerprint density at radius 3 is 1.79 bits per heavy atom. The summed E-state index contributed by atoms with van der Waals surface area (Å²) in [6, 6.07) is 15.1. The zero-order valence-electron chi connectivity index (χ0n) is 32.4. The van der Waals surface area contributed by atoms with E-state index >= 15 is 0 Å². The van der Waals surface area contributed by atoms with Gasteiger partial charge in [-0.2, -0.15) is 0 Å². The van der Waals surface area contributed by atoms with Gasteiger partial charge in [0, 0.05) is 31.9 Å². The Balaban J connectivity index is 0.998. The first-order chi connectivity index (χ1) is 27.6. The molecule has 298 valence electrons. The molecule has 0 saturated carbocycles. The van der Waals surface area contributed by atoms with E-state index in [0.717, 1.165) is 65.0 Å². The summed E-state index contributed by atoms with van der Waals surface area (Å²) in [5, 5.41) is 6.99. The first kappa shape index (κ1) is 39.2. The predicted octanol–water partition coefficient (Wildman–Crippen LogP) is 6.27. The fraction of sp³-hybridized carbons (Fsp3) is 0.390. The number of hydrogen-bond acceptors (Lipinski definition) is 10. The minimum atomic E-state index is -0.879. The molecule has 2 aliphatic rings. The Bertz CT molecular complexity index is 2170. The molecule has 4 atom stereocenters. The Morgan fingerprint density at radius 2 is 1.32 bits per heavy atom. The van der Waals surface area contributed by atoms with Crippen LogP contribution in [0.2, 0.25) is 0 Å². The van der Waals surface area contributed by atoms with Gasteiger partial charge in [0.05, 0.1) is 54.2 Å². The van der Waals surface area contributed by atoms with E-state index in [1.165, 1.54) is 25.5 Å². The molecule has 0 aliphatic carbocycles. The van der Waals surface area contributed by atoms with Gasteiger partial charge in [0.15, 0.2) is 6.10 Å². The van der Waals surface area contributed by atoms with Crippen molar-refractivity contribution in [2.75, 3.05) is 27.2 Å². The Morgan fingerprint density at radius 1 is 0.789 bits per heavy atom. The Hall–Kier alpha value is -6.03. The van der Waals surface area contributed by atoms with Crippen molar-refractivity contribution in [1.82, 2.24) is 45.4 Å². The average Bonchev–Trinajstić information content (AvgIpc) is 4.09. The number of likely N-dealkylation sites (tertiary alicyclic amines) is 2. The fourth-order valence-corrected chi connectivity index (χ4v) is 8.15. The van der Waals surface area contributed by atoms with E-state index in [0.29, 0.717) is 24.7 Å². The van der Waals surface area contributed by atoms with Gasteiger partial charge in [-0.05, 0) is 53.9 Å². The van der Waals surface area contributed by atoms with E-state index in [1.54, 1.807) is 27.7 Å². The third kappa shape index (κ3) is 8.70. The summed E-state index contributed by atoms with van der Waals surface area (Å²) in [4.78, 5) is 75.4. The van der Waals surface area contributed by atoms with Crippen molar-refractivity contribution < 1.29 is 28.7 Å². The van der Waals surface area contributed by atoms with Crippen molar-refractivity contribution in [3.05, 3.63) is 89.2 Å². The van der Waals surface area contributed by atoms with E-state index in [-0.39, 0.29) is 36.2 Å². The number of rotatable bonds is 12. The van der Waals surface area contributed by atoms with Gasteiger partial charge < -0.3 is 39.9 Å². The lowest BCUT2D eigenvalue weighted by molar-refractivity contribution is -0.143. The largest absolute Gasteiger partial charge is 0.453 e. The molecule has 0 unspecified atom stereocenters. The van der Waals surface area contributed by atoms with Crippen LogP contribution in [0, 0.1) is 5.92 Å². The maximum absolute atomic E-state index is 13.8. The molecule has 2 fully saturated rings. The van der Waals surface area contributed by atoms with Crippen molar-refractivity contribution in [3.8, 4) is 33.6 Å². The normalized spacial score (nSPS) is 17.7. The minimum Gasteiger partial charge on any atom is -0.453 e. The summed E-state index contributed by atoms with van der Waals surface area (Å²) in [5.74, 6) is 0.814. The average molecular weight is 794 g/mol. The first-order valence-corrected chi connectivity index (χ1v) is 20.1. The summed E-state index contributed by atoms with van der Waals surface area (Å²) in [6.07, 6.45) is 4.85. The zero-order valence-corrected chi connectivity index (χ0v) is 33.2. The van der Waals surface area contributed by atoms with Crippen LogP contribution in [0.4, 0.5) is 9.59 Å². The number of nitrogens with zero attached hydrogens (tertiary/aromatic N) is 5. The van der Waals surface area contributed by atoms with Crippen LogP contribution in [0.3, 0.4) is 0 Å². The van der Waals surface area contributed by atoms with Crippen LogP contribution >= 0.6 is 11.3 Å². The summed E-state index contributed by atoms with van der Waals surface area (Å²) in [7, 11) is 2.75. The molecule has 2 saturated heterocycles. The number of ether oxygens (including phenoxy) is 2. The number of aromatic amines is 2. The maximum Gasteiger partial charge on any atom is 0.407 e. The fourth-order valence-electron chi connectivity index (χ4n) is 7.58. The van der Waals surface area contributed by atoms with E-state index in [9.17, 15) is 19.2 Å². The molecule has 2 aliphatic heterocycles. The van der Waals surface area contributed by atoms with Crippen molar-refractivity contribution in [3.63, 3.8) is 0 Å². The van der Waals surface area contributed by atoms with Crippen molar-refractivity contribution in [2.45, 2.75) is 70.2 Å². The number of carbonyl (C=O) groups excluding carboxylic acids is 4.